The molecule has 1 heterocycles. The SMILES string of the molecule is COc1ccc(CN(C)C(=O)C2CCCN(Cc3cccc(C)c3)C2)cc1. The average molecular weight is 367 g/mol. The van der Waals surface area contributed by atoms with Crippen molar-refractivity contribution in [1.82, 2.24) is 9.80 Å². The van der Waals surface area contributed by atoms with Crippen LogP contribution in [0.4, 0.5) is 0 Å². The molecule has 0 radical (unpaired) electrons. The number of benzene rings is 2. The van der Waals surface area contributed by atoms with Gasteiger partial charge in [0.2, 0.25) is 5.91 Å². The Hall–Kier alpha value is -2.33. The number of piperidine rings is 1. The summed E-state index contributed by atoms with van der Waals surface area (Å²) in [5.41, 5.74) is 3.74. The number of carbonyl (C=O) groups is 1. The Kier molecular flexibility index (Phi) is 6.51. The van der Waals surface area contributed by atoms with E-state index in [4.69, 9.17) is 4.74 Å². The second-order valence-corrected chi connectivity index (χ2v) is 7.61. The molecule has 4 nitrogen and oxygen atoms in total. The number of rotatable bonds is 6. The van der Waals surface area contributed by atoms with Crippen LogP contribution < -0.4 is 4.74 Å². The minimum atomic E-state index is 0.0896. The smallest absolute Gasteiger partial charge is 0.227 e. The monoisotopic (exact) mass is 366 g/mol. The fourth-order valence-electron chi connectivity index (χ4n) is 3.86. The van der Waals surface area contributed by atoms with Gasteiger partial charge in [-0.3, -0.25) is 9.69 Å². The van der Waals surface area contributed by atoms with E-state index < -0.39 is 0 Å². The van der Waals surface area contributed by atoms with Crippen LogP contribution in [0.5, 0.6) is 5.75 Å². The molecule has 1 amide bonds. The Balaban J connectivity index is 1.56. The highest BCUT2D eigenvalue weighted by Crippen LogP contribution is 2.22. The van der Waals surface area contributed by atoms with E-state index in [2.05, 4.69) is 36.1 Å². The maximum Gasteiger partial charge on any atom is 0.227 e. The molecule has 1 fully saturated rings. The third-order valence-electron chi connectivity index (χ3n) is 5.30. The lowest BCUT2D eigenvalue weighted by atomic mass is 9.96. The molecule has 2 aromatic rings. The van der Waals surface area contributed by atoms with Crippen molar-refractivity contribution in [2.75, 3.05) is 27.2 Å². The first-order valence-corrected chi connectivity index (χ1v) is 9.71. The van der Waals surface area contributed by atoms with Gasteiger partial charge in [-0.2, -0.15) is 0 Å². The highest BCUT2D eigenvalue weighted by atomic mass is 16.5. The van der Waals surface area contributed by atoms with Gasteiger partial charge in [0.25, 0.3) is 0 Å². The van der Waals surface area contributed by atoms with Crippen LogP contribution in [0.2, 0.25) is 0 Å². The lowest BCUT2D eigenvalue weighted by Crippen LogP contribution is -2.43. The normalized spacial score (nSPS) is 17.5. The summed E-state index contributed by atoms with van der Waals surface area (Å²) in [6, 6.07) is 16.6. The molecule has 0 aliphatic carbocycles. The Bertz CT molecular complexity index is 757. The standard InChI is InChI=1S/C23H30N2O2/c1-18-6-4-7-20(14-18)16-25-13-5-8-21(17-25)23(26)24(2)15-19-9-11-22(27-3)12-10-19/h4,6-7,9-12,14,21H,5,8,13,15-17H2,1-3H3. The van der Waals surface area contributed by atoms with Gasteiger partial charge in [-0.25, -0.2) is 0 Å². The summed E-state index contributed by atoms with van der Waals surface area (Å²) in [6.07, 6.45) is 2.06. The Morgan fingerprint density at radius 1 is 1.19 bits per heavy atom. The van der Waals surface area contributed by atoms with Crippen molar-refractivity contribution in [2.45, 2.75) is 32.9 Å². The number of amides is 1. The second-order valence-electron chi connectivity index (χ2n) is 7.61. The molecule has 0 spiro atoms. The molecule has 4 heteroatoms. The van der Waals surface area contributed by atoms with Crippen LogP contribution in [-0.4, -0.2) is 43.0 Å². The molecule has 1 aliphatic rings. The zero-order chi connectivity index (χ0) is 19.2. The molecule has 0 N–H and O–H groups in total. The molecule has 1 unspecified atom stereocenters. The van der Waals surface area contributed by atoms with Crippen molar-refractivity contribution < 1.29 is 9.53 Å². The van der Waals surface area contributed by atoms with Crippen molar-refractivity contribution in [3.8, 4) is 5.75 Å². The zero-order valence-corrected chi connectivity index (χ0v) is 16.6. The minimum Gasteiger partial charge on any atom is -0.497 e. The Morgan fingerprint density at radius 3 is 2.67 bits per heavy atom. The summed E-state index contributed by atoms with van der Waals surface area (Å²) >= 11 is 0. The third-order valence-corrected chi connectivity index (χ3v) is 5.30. The molecular weight excluding hydrogens is 336 g/mol. The van der Waals surface area contributed by atoms with Crippen LogP contribution in [0.25, 0.3) is 0 Å². The van der Waals surface area contributed by atoms with E-state index in [0.29, 0.717) is 6.54 Å². The van der Waals surface area contributed by atoms with Crippen LogP contribution in [-0.2, 0) is 17.9 Å². The summed E-state index contributed by atoms with van der Waals surface area (Å²) in [5, 5.41) is 0. The van der Waals surface area contributed by atoms with Crippen molar-refractivity contribution >= 4 is 5.91 Å². The van der Waals surface area contributed by atoms with Crippen LogP contribution in [0, 0.1) is 12.8 Å². The maximum atomic E-state index is 13.0. The zero-order valence-electron chi connectivity index (χ0n) is 16.6. The first kappa shape index (κ1) is 19.4. The molecule has 144 valence electrons. The summed E-state index contributed by atoms with van der Waals surface area (Å²) in [6.45, 7) is 5.60. The van der Waals surface area contributed by atoms with Gasteiger partial charge in [0.1, 0.15) is 5.75 Å². The topological polar surface area (TPSA) is 32.8 Å². The largest absolute Gasteiger partial charge is 0.497 e. The van der Waals surface area contributed by atoms with Gasteiger partial charge in [-0.15, -0.1) is 0 Å². The van der Waals surface area contributed by atoms with Crippen LogP contribution in [0.1, 0.15) is 29.5 Å². The second kappa shape index (κ2) is 9.05. The quantitative estimate of drug-likeness (QED) is 0.778. The minimum absolute atomic E-state index is 0.0896. The van der Waals surface area contributed by atoms with Crippen LogP contribution in [0.15, 0.2) is 48.5 Å². The molecule has 2 aromatic carbocycles. The molecule has 3 rings (SSSR count). The van der Waals surface area contributed by atoms with Crippen LogP contribution >= 0.6 is 0 Å². The van der Waals surface area contributed by atoms with Crippen molar-refractivity contribution in [3.63, 3.8) is 0 Å². The molecular formula is C23H30N2O2. The first-order chi connectivity index (χ1) is 13.0. The predicted molar refractivity (Wildman–Crippen MR) is 109 cm³/mol. The molecule has 1 atom stereocenters. The number of hydrogen-bond acceptors (Lipinski definition) is 3. The van der Waals surface area contributed by atoms with E-state index in [1.165, 1.54) is 11.1 Å². The number of likely N-dealkylation sites (tertiary alicyclic amines) is 1. The first-order valence-electron chi connectivity index (χ1n) is 9.71. The van der Waals surface area contributed by atoms with Crippen molar-refractivity contribution in [1.29, 1.82) is 0 Å². The summed E-state index contributed by atoms with van der Waals surface area (Å²) < 4.78 is 5.20. The van der Waals surface area contributed by atoms with Gasteiger partial charge < -0.3 is 9.64 Å². The predicted octanol–water partition coefficient (Wildman–Crippen LogP) is 3.87. The Morgan fingerprint density at radius 2 is 1.96 bits per heavy atom. The highest BCUT2D eigenvalue weighted by Gasteiger charge is 2.28. The highest BCUT2D eigenvalue weighted by molar-refractivity contribution is 5.79. The van der Waals surface area contributed by atoms with Crippen LogP contribution in [0.3, 0.4) is 0 Å². The molecule has 0 aromatic heterocycles. The molecule has 27 heavy (non-hydrogen) atoms. The fourth-order valence-corrected chi connectivity index (χ4v) is 3.86. The van der Waals surface area contributed by atoms with Gasteiger partial charge in [-0.05, 0) is 49.6 Å². The molecule has 1 aliphatic heterocycles. The number of nitrogens with zero attached hydrogens (tertiary/aromatic N) is 2. The van der Waals surface area contributed by atoms with Gasteiger partial charge in [0.05, 0.1) is 13.0 Å². The fraction of sp³-hybridized carbons (Fsp3) is 0.435. The number of aryl methyl sites for hydroxylation is 1. The van der Waals surface area contributed by atoms with E-state index in [0.717, 1.165) is 43.8 Å². The van der Waals surface area contributed by atoms with Gasteiger partial charge >= 0.3 is 0 Å². The maximum absolute atomic E-state index is 13.0. The number of ether oxygens (including phenoxy) is 1. The number of methoxy groups -OCH3 is 1. The lowest BCUT2D eigenvalue weighted by Gasteiger charge is -2.34. The van der Waals surface area contributed by atoms with E-state index in [9.17, 15) is 4.79 Å². The molecule has 0 bridgehead atoms. The van der Waals surface area contributed by atoms with Gasteiger partial charge in [0.15, 0.2) is 0 Å². The number of carbonyl (C=O) groups excluding carboxylic acids is 1. The van der Waals surface area contributed by atoms with E-state index in [1.54, 1.807) is 7.11 Å². The summed E-state index contributed by atoms with van der Waals surface area (Å²) in [5.74, 6) is 1.18. The lowest BCUT2D eigenvalue weighted by molar-refractivity contribution is -0.136. The molecule has 1 saturated heterocycles. The summed E-state index contributed by atoms with van der Waals surface area (Å²) in [4.78, 5) is 17.2. The molecule has 0 saturated carbocycles. The number of hydrogen-bond donors (Lipinski definition) is 0. The summed E-state index contributed by atoms with van der Waals surface area (Å²) in [7, 11) is 3.57. The third kappa shape index (κ3) is 5.33. The van der Waals surface area contributed by atoms with E-state index in [1.807, 2.05) is 36.2 Å². The van der Waals surface area contributed by atoms with Crippen molar-refractivity contribution in [3.05, 3.63) is 65.2 Å². The van der Waals surface area contributed by atoms with E-state index in [-0.39, 0.29) is 11.8 Å². The van der Waals surface area contributed by atoms with Gasteiger partial charge in [0, 0.05) is 26.7 Å². The Labute approximate surface area is 162 Å². The average Bonchev–Trinajstić information content (AvgIpc) is 2.68. The van der Waals surface area contributed by atoms with Gasteiger partial charge in [-0.1, -0.05) is 42.0 Å². The van der Waals surface area contributed by atoms with E-state index >= 15 is 0 Å². The van der Waals surface area contributed by atoms with Crippen molar-refractivity contribution in [2.24, 2.45) is 5.92 Å².